The van der Waals surface area contributed by atoms with Gasteiger partial charge in [-0.05, 0) is 6.07 Å². The second kappa shape index (κ2) is 8.89. The summed E-state index contributed by atoms with van der Waals surface area (Å²) in [7, 11) is 2.26. The molecule has 0 saturated heterocycles. The molecule has 1 aliphatic rings. The summed E-state index contributed by atoms with van der Waals surface area (Å²) < 4.78 is 37.6. The van der Waals surface area contributed by atoms with Crippen LogP contribution in [0.1, 0.15) is 29.4 Å². The zero-order valence-corrected chi connectivity index (χ0v) is 16.3. The van der Waals surface area contributed by atoms with Crippen molar-refractivity contribution in [2.75, 3.05) is 20.8 Å². The molecule has 2 N–H and O–H groups in total. The molecule has 1 aromatic heterocycles. The molecule has 0 radical (unpaired) electrons. The fourth-order valence-corrected chi connectivity index (χ4v) is 3.36. The van der Waals surface area contributed by atoms with Gasteiger partial charge in [0.2, 0.25) is 0 Å². The summed E-state index contributed by atoms with van der Waals surface area (Å²) in [5, 5.41) is 2.42. The highest BCUT2D eigenvalue weighted by atomic mass is 19.2. The van der Waals surface area contributed by atoms with Crippen LogP contribution in [0.15, 0.2) is 24.5 Å². The maximum Gasteiger partial charge on any atom is 0.329 e. The van der Waals surface area contributed by atoms with Gasteiger partial charge in [-0.15, -0.1) is 0 Å². The van der Waals surface area contributed by atoms with Crippen molar-refractivity contribution in [3.63, 3.8) is 0 Å². The third-order valence-electron chi connectivity index (χ3n) is 4.84. The molecule has 0 spiro atoms. The molecule has 2 amide bonds. The van der Waals surface area contributed by atoms with E-state index in [2.05, 4.69) is 24.8 Å². The summed E-state index contributed by atoms with van der Waals surface area (Å²) in [6.45, 7) is 0.133. The van der Waals surface area contributed by atoms with Gasteiger partial charge in [0.15, 0.2) is 11.6 Å². The van der Waals surface area contributed by atoms with E-state index in [0.717, 1.165) is 20.3 Å². The normalized spacial score (nSPS) is 16.4. The summed E-state index contributed by atoms with van der Waals surface area (Å²) in [5.41, 5.74) is 0.969. The van der Waals surface area contributed by atoms with E-state index in [9.17, 15) is 23.2 Å². The fraction of sp³-hybridized carbons (Fsp3) is 0.368. The number of fused-ring (bicyclic) bond motifs is 1. The molecule has 1 aromatic carbocycles. The van der Waals surface area contributed by atoms with Crippen LogP contribution in [0.25, 0.3) is 0 Å². The van der Waals surface area contributed by atoms with Gasteiger partial charge in [0, 0.05) is 24.2 Å². The highest BCUT2D eigenvalue weighted by molar-refractivity contribution is 5.87. The Morgan fingerprint density at radius 3 is 2.77 bits per heavy atom. The SMILES string of the molecule is COC(=O)C[C@@H](NC(=O)N1CCc2[nH]cnc2[C@H]1c1cccc(F)c1F)C(=O)OC. The Balaban J connectivity index is 1.94. The predicted octanol–water partition coefficient (Wildman–Crippen LogP) is 1.45. The number of amides is 2. The molecule has 9 nitrogen and oxygen atoms in total. The quantitative estimate of drug-likeness (QED) is 0.705. The lowest BCUT2D eigenvalue weighted by Gasteiger charge is -2.36. The standard InChI is InChI=1S/C19H20F2N4O5/c1-29-14(26)8-13(18(27)30-2)24-19(28)25-7-6-12-16(23-9-22-12)17(25)10-4-3-5-11(20)15(10)21/h3-5,9,13,17H,6-8H2,1-2H3,(H,22,23)(H,24,28)/t13-,17-/m1/s1. The van der Waals surface area contributed by atoms with Crippen LogP contribution in [-0.4, -0.2) is 59.6 Å². The van der Waals surface area contributed by atoms with Gasteiger partial charge in [0.05, 0.1) is 32.7 Å². The van der Waals surface area contributed by atoms with Crippen LogP contribution in [-0.2, 0) is 25.5 Å². The molecule has 3 rings (SSSR count). The maximum absolute atomic E-state index is 14.6. The second-order valence-electron chi connectivity index (χ2n) is 6.56. The molecule has 0 saturated carbocycles. The Morgan fingerprint density at radius 2 is 2.07 bits per heavy atom. The lowest BCUT2D eigenvalue weighted by Crippen LogP contribution is -2.52. The lowest BCUT2D eigenvalue weighted by molar-refractivity contribution is -0.149. The number of halogens is 2. The summed E-state index contributed by atoms with van der Waals surface area (Å²) in [6.07, 6.45) is 1.34. The number of H-pyrrole nitrogens is 1. The summed E-state index contributed by atoms with van der Waals surface area (Å²) in [4.78, 5) is 44.9. The van der Waals surface area contributed by atoms with E-state index in [1.165, 1.54) is 23.4 Å². The molecule has 0 aliphatic carbocycles. The van der Waals surface area contributed by atoms with Crippen LogP contribution in [0.5, 0.6) is 0 Å². The van der Waals surface area contributed by atoms with Crippen LogP contribution in [0, 0.1) is 11.6 Å². The smallest absolute Gasteiger partial charge is 0.329 e. The van der Waals surface area contributed by atoms with Crippen molar-refractivity contribution in [3.05, 3.63) is 53.1 Å². The summed E-state index contributed by atoms with van der Waals surface area (Å²) in [6, 6.07) is 0.553. The van der Waals surface area contributed by atoms with Crippen LogP contribution in [0.3, 0.4) is 0 Å². The number of rotatable bonds is 5. The maximum atomic E-state index is 14.6. The van der Waals surface area contributed by atoms with E-state index in [4.69, 9.17) is 0 Å². The molecular weight excluding hydrogens is 402 g/mol. The number of esters is 2. The van der Waals surface area contributed by atoms with E-state index in [1.807, 2.05) is 0 Å². The molecule has 30 heavy (non-hydrogen) atoms. The number of benzene rings is 1. The van der Waals surface area contributed by atoms with E-state index in [1.54, 1.807) is 0 Å². The summed E-state index contributed by atoms with van der Waals surface area (Å²) in [5.74, 6) is -3.74. The van der Waals surface area contributed by atoms with E-state index in [-0.39, 0.29) is 12.1 Å². The first-order valence-electron chi connectivity index (χ1n) is 9.05. The number of methoxy groups -OCH3 is 2. The third-order valence-corrected chi connectivity index (χ3v) is 4.84. The first kappa shape index (κ1) is 21.2. The molecule has 0 fully saturated rings. The Labute approximate surface area is 170 Å². The number of urea groups is 1. The van der Waals surface area contributed by atoms with Gasteiger partial charge in [-0.2, -0.15) is 0 Å². The summed E-state index contributed by atoms with van der Waals surface area (Å²) >= 11 is 0. The van der Waals surface area contributed by atoms with Gasteiger partial charge < -0.3 is 24.7 Å². The van der Waals surface area contributed by atoms with Gasteiger partial charge in [0.1, 0.15) is 12.1 Å². The number of carbonyl (C=O) groups is 3. The number of imidazole rings is 1. The predicted molar refractivity (Wildman–Crippen MR) is 98.2 cm³/mol. The van der Waals surface area contributed by atoms with Crippen molar-refractivity contribution >= 4 is 18.0 Å². The number of hydrogen-bond donors (Lipinski definition) is 2. The zero-order chi connectivity index (χ0) is 21.8. The number of nitrogens with zero attached hydrogens (tertiary/aromatic N) is 2. The number of aromatic nitrogens is 2. The van der Waals surface area contributed by atoms with Crippen molar-refractivity contribution in [1.82, 2.24) is 20.2 Å². The van der Waals surface area contributed by atoms with Crippen LogP contribution < -0.4 is 5.32 Å². The first-order chi connectivity index (χ1) is 14.4. The third kappa shape index (κ3) is 4.09. The number of carbonyl (C=O) groups excluding carboxylic acids is 3. The van der Waals surface area contributed by atoms with Crippen LogP contribution >= 0.6 is 0 Å². The van der Waals surface area contributed by atoms with Crippen LogP contribution in [0.4, 0.5) is 13.6 Å². The first-order valence-corrected chi connectivity index (χ1v) is 9.05. The average Bonchev–Trinajstić information content (AvgIpc) is 3.22. The number of ether oxygens (including phenoxy) is 2. The lowest BCUT2D eigenvalue weighted by atomic mass is 9.95. The molecule has 2 heterocycles. The van der Waals surface area contributed by atoms with Gasteiger partial charge in [-0.25, -0.2) is 23.4 Å². The fourth-order valence-electron chi connectivity index (χ4n) is 3.36. The molecule has 2 atom stereocenters. The van der Waals surface area contributed by atoms with Gasteiger partial charge in [-0.3, -0.25) is 4.79 Å². The largest absolute Gasteiger partial charge is 0.469 e. The number of hydrogen-bond acceptors (Lipinski definition) is 6. The van der Waals surface area contributed by atoms with E-state index >= 15 is 0 Å². The average molecular weight is 422 g/mol. The van der Waals surface area contributed by atoms with E-state index < -0.39 is 48.1 Å². The van der Waals surface area contributed by atoms with Crippen LogP contribution in [0.2, 0.25) is 0 Å². The molecular formula is C19H20F2N4O5. The Kier molecular flexibility index (Phi) is 6.28. The number of aromatic amines is 1. The highest BCUT2D eigenvalue weighted by Crippen LogP contribution is 2.35. The second-order valence-corrected chi connectivity index (χ2v) is 6.56. The van der Waals surface area contributed by atoms with Crippen molar-refractivity contribution in [3.8, 4) is 0 Å². The van der Waals surface area contributed by atoms with Gasteiger partial charge in [0.25, 0.3) is 0 Å². The Hall–Kier alpha value is -3.50. The van der Waals surface area contributed by atoms with Gasteiger partial charge >= 0.3 is 18.0 Å². The van der Waals surface area contributed by atoms with Crippen molar-refractivity contribution in [1.29, 1.82) is 0 Å². The highest BCUT2D eigenvalue weighted by Gasteiger charge is 2.38. The molecule has 11 heteroatoms. The topological polar surface area (TPSA) is 114 Å². The molecule has 0 bridgehead atoms. The molecule has 2 aromatic rings. The van der Waals surface area contributed by atoms with Crippen molar-refractivity contribution in [2.24, 2.45) is 0 Å². The van der Waals surface area contributed by atoms with E-state index in [0.29, 0.717) is 17.8 Å². The minimum absolute atomic E-state index is 0.0826. The van der Waals surface area contributed by atoms with Gasteiger partial charge in [-0.1, -0.05) is 12.1 Å². The zero-order valence-electron chi connectivity index (χ0n) is 16.3. The van der Waals surface area contributed by atoms with Crippen molar-refractivity contribution in [2.45, 2.75) is 24.9 Å². The Morgan fingerprint density at radius 1 is 1.30 bits per heavy atom. The minimum atomic E-state index is -1.31. The molecule has 1 aliphatic heterocycles. The monoisotopic (exact) mass is 422 g/mol. The number of nitrogens with one attached hydrogen (secondary N) is 2. The molecule has 160 valence electrons. The van der Waals surface area contributed by atoms with Crippen molar-refractivity contribution < 1.29 is 32.6 Å². The Bertz CT molecular complexity index is 964. The minimum Gasteiger partial charge on any atom is -0.469 e. The molecule has 0 unspecified atom stereocenters.